The first-order chi connectivity index (χ1) is 11.9. The van der Waals surface area contributed by atoms with Gasteiger partial charge >= 0.3 is 6.03 Å². The first-order valence-electron chi connectivity index (χ1n) is 8.99. The molecule has 25 heavy (non-hydrogen) atoms. The third-order valence-electron chi connectivity index (χ3n) is 4.73. The average molecular weight is 347 g/mol. The molecule has 0 bridgehead atoms. The maximum atomic E-state index is 12.6. The van der Waals surface area contributed by atoms with Crippen LogP contribution in [0.4, 0.5) is 4.79 Å². The standard InChI is InChI=1S/C19H29N3O3/c1-4-5-17(21-19(20)24)18(23)22-10-8-15(9-11-22)25-16-7-6-13(2)14(3)12-16/h6-7,12,15,17H,4-5,8-11H2,1-3H3,(H3,20,21,24). The van der Waals surface area contributed by atoms with Gasteiger partial charge in [-0.05, 0) is 43.5 Å². The molecule has 0 aromatic heterocycles. The van der Waals surface area contributed by atoms with E-state index in [0.717, 1.165) is 25.0 Å². The van der Waals surface area contributed by atoms with Gasteiger partial charge in [-0.3, -0.25) is 4.79 Å². The molecule has 1 heterocycles. The summed E-state index contributed by atoms with van der Waals surface area (Å²) in [5.74, 6) is 0.831. The highest BCUT2D eigenvalue weighted by Gasteiger charge is 2.29. The molecular weight excluding hydrogens is 318 g/mol. The minimum Gasteiger partial charge on any atom is -0.490 e. The van der Waals surface area contributed by atoms with Gasteiger partial charge in [-0.1, -0.05) is 19.4 Å². The van der Waals surface area contributed by atoms with E-state index in [0.29, 0.717) is 19.5 Å². The monoisotopic (exact) mass is 347 g/mol. The van der Waals surface area contributed by atoms with Gasteiger partial charge in [-0.25, -0.2) is 4.79 Å². The Kier molecular flexibility index (Phi) is 6.67. The Balaban J connectivity index is 1.88. The van der Waals surface area contributed by atoms with Crippen molar-refractivity contribution in [1.29, 1.82) is 0 Å². The molecule has 3 N–H and O–H groups in total. The topological polar surface area (TPSA) is 84.7 Å². The van der Waals surface area contributed by atoms with Crippen LogP contribution >= 0.6 is 0 Å². The van der Waals surface area contributed by atoms with Crippen LogP contribution in [0.25, 0.3) is 0 Å². The minimum atomic E-state index is -0.653. The van der Waals surface area contributed by atoms with E-state index in [9.17, 15) is 9.59 Å². The molecule has 0 saturated carbocycles. The van der Waals surface area contributed by atoms with Gasteiger partial charge in [0, 0.05) is 25.9 Å². The van der Waals surface area contributed by atoms with E-state index in [1.165, 1.54) is 11.1 Å². The fourth-order valence-corrected chi connectivity index (χ4v) is 3.11. The quantitative estimate of drug-likeness (QED) is 0.829. The second kappa shape index (κ2) is 8.74. The van der Waals surface area contributed by atoms with Gasteiger partial charge in [0.15, 0.2) is 0 Å². The molecule has 1 aliphatic rings. The van der Waals surface area contributed by atoms with Crippen LogP contribution in [0.15, 0.2) is 18.2 Å². The number of nitrogens with two attached hydrogens (primary N) is 1. The lowest BCUT2D eigenvalue weighted by Crippen LogP contribution is -2.52. The van der Waals surface area contributed by atoms with Crippen molar-refractivity contribution < 1.29 is 14.3 Å². The molecule has 1 saturated heterocycles. The number of likely N-dealkylation sites (tertiary alicyclic amines) is 1. The third kappa shape index (κ3) is 5.37. The van der Waals surface area contributed by atoms with Crippen LogP contribution in [-0.2, 0) is 4.79 Å². The highest BCUT2D eigenvalue weighted by molar-refractivity contribution is 5.86. The summed E-state index contributed by atoms with van der Waals surface area (Å²) in [7, 11) is 0. The molecule has 1 aromatic carbocycles. The van der Waals surface area contributed by atoms with Gasteiger partial charge in [-0.15, -0.1) is 0 Å². The molecule has 3 amide bonds. The number of carbonyl (C=O) groups is 2. The van der Waals surface area contributed by atoms with Gasteiger partial charge in [0.25, 0.3) is 0 Å². The molecule has 0 radical (unpaired) electrons. The summed E-state index contributed by atoms with van der Waals surface area (Å²) in [5.41, 5.74) is 7.64. The van der Waals surface area contributed by atoms with Gasteiger partial charge in [0.2, 0.25) is 5.91 Å². The Hall–Kier alpha value is -2.24. The molecule has 6 heteroatoms. The van der Waals surface area contributed by atoms with Crippen molar-refractivity contribution in [2.24, 2.45) is 5.73 Å². The van der Waals surface area contributed by atoms with E-state index in [1.54, 1.807) is 4.90 Å². The van der Waals surface area contributed by atoms with E-state index in [4.69, 9.17) is 10.5 Å². The summed E-state index contributed by atoms with van der Waals surface area (Å²) < 4.78 is 6.06. The van der Waals surface area contributed by atoms with Crippen LogP contribution in [0.2, 0.25) is 0 Å². The maximum Gasteiger partial charge on any atom is 0.312 e. The number of piperidine rings is 1. The highest BCUT2D eigenvalue weighted by atomic mass is 16.5. The smallest absolute Gasteiger partial charge is 0.312 e. The van der Waals surface area contributed by atoms with Gasteiger partial charge in [0.05, 0.1) is 0 Å². The number of primary amides is 1. The highest BCUT2D eigenvalue weighted by Crippen LogP contribution is 2.22. The number of hydrogen-bond acceptors (Lipinski definition) is 3. The molecule has 1 unspecified atom stereocenters. The molecule has 6 nitrogen and oxygen atoms in total. The number of benzene rings is 1. The van der Waals surface area contributed by atoms with Crippen LogP contribution in [0.3, 0.4) is 0 Å². The Morgan fingerprint density at radius 3 is 2.52 bits per heavy atom. The molecule has 1 fully saturated rings. The van der Waals surface area contributed by atoms with Crippen LogP contribution in [0, 0.1) is 13.8 Å². The zero-order valence-electron chi connectivity index (χ0n) is 15.4. The largest absolute Gasteiger partial charge is 0.490 e. The van der Waals surface area contributed by atoms with Crippen LogP contribution < -0.4 is 15.8 Å². The van der Waals surface area contributed by atoms with Crippen LogP contribution in [0.5, 0.6) is 5.75 Å². The van der Waals surface area contributed by atoms with Crippen molar-refractivity contribution in [2.75, 3.05) is 13.1 Å². The fraction of sp³-hybridized carbons (Fsp3) is 0.579. The van der Waals surface area contributed by atoms with E-state index in [-0.39, 0.29) is 12.0 Å². The Morgan fingerprint density at radius 2 is 1.96 bits per heavy atom. The van der Waals surface area contributed by atoms with Crippen molar-refractivity contribution >= 4 is 11.9 Å². The second-order valence-electron chi connectivity index (χ2n) is 6.74. The number of amides is 3. The Labute approximate surface area is 149 Å². The van der Waals surface area contributed by atoms with E-state index < -0.39 is 12.1 Å². The molecule has 138 valence electrons. The molecule has 1 aliphatic heterocycles. The maximum absolute atomic E-state index is 12.6. The summed E-state index contributed by atoms with van der Waals surface area (Å²) in [4.78, 5) is 25.5. The zero-order valence-corrected chi connectivity index (χ0v) is 15.4. The van der Waals surface area contributed by atoms with Crippen molar-refractivity contribution in [3.8, 4) is 5.75 Å². The SMILES string of the molecule is CCCC(NC(N)=O)C(=O)N1CCC(Oc2ccc(C)c(C)c2)CC1. The summed E-state index contributed by atoms with van der Waals surface area (Å²) >= 11 is 0. The Bertz CT molecular complexity index is 610. The normalized spacial score (nSPS) is 16.4. The van der Waals surface area contributed by atoms with Crippen molar-refractivity contribution in [3.05, 3.63) is 29.3 Å². The second-order valence-corrected chi connectivity index (χ2v) is 6.74. The Morgan fingerprint density at radius 1 is 1.28 bits per heavy atom. The first-order valence-corrected chi connectivity index (χ1v) is 8.99. The van der Waals surface area contributed by atoms with Gasteiger partial charge < -0.3 is 20.7 Å². The van der Waals surface area contributed by atoms with Crippen molar-refractivity contribution in [3.63, 3.8) is 0 Å². The number of urea groups is 1. The lowest BCUT2D eigenvalue weighted by molar-refractivity contribution is -0.135. The average Bonchev–Trinajstić information content (AvgIpc) is 2.57. The van der Waals surface area contributed by atoms with E-state index >= 15 is 0 Å². The van der Waals surface area contributed by atoms with Crippen molar-refractivity contribution in [2.45, 2.75) is 58.6 Å². The van der Waals surface area contributed by atoms with E-state index in [1.807, 2.05) is 13.0 Å². The predicted molar refractivity (Wildman–Crippen MR) is 97.6 cm³/mol. The van der Waals surface area contributed by atoms with Crippen molar-refractivity contribution in [1.82, 2.24) is 10.2 Å². The number of aryl methyl sites for hydroxylation is 2. The lowest BCUT2D eigenvalue weighted by Gasteiger charge is -2.34. The van der Waals surface area contributed by atoms with Crippen LogP contribution in [-0.4, -0.2) is 42.1 Å². The number of carbonyl (C=O) groups excluding carboxylic acids is 2. The van der Waals surface area contributed by atoms with Gasteiger partial charge in [-0.2, -0.15) is 0 Å². The molecule has 2 rings (SSSR count). The number of nitrogens with zero attached hydrogens (tertiary/aromatic N) is 1. The molecule has 0 aliphatic carbocycles. The minimum absolute atomic E-state index is 0.0507. The van der Waals surface area contributed by atoms with E-state index in [2.05, 4.69) is 31.3 Å². The predicted octanol–water partition coefficient (Wildman–Crippen LogP) is 2.51. The lowest BCUT2D eigenvalue weighted by atomic mass is 10.0. The third-order valence-corrected chi connectivity index (χ3v) is 4.73. The van der Waals surface area contributed by atoms with Crippen LogP contribution in [0.1, 0.15) is 43.7 Å². The number of rotatable bonds is 6. The first kappa shape index (κ1) is 19.1. The molecule has 1 aromatic rings. The molecule has 0 spiro atoms. The number of ether oxygens (including phenoxy) is 1. The summed E-state index contributed by atoms with van der Waals surface area (Å²) in [5, 5.41) is 2.56. The molecule has 1 atom stereocenters. The zero-order chi connectivity index (χ0) is 18.4. The van der Waals surface area contributed by atoms with Gasteiger partial charge in [0.1, 0.15) is 17.9 Å². The number of nitrogens with one attached hydrogen (secondary N) is 1. The number of hydrogen-bond donors (Lipinski definition) is 2. The fourth-order valence-electron chi connectivity index (χ4n) is 3.11. The summed E-state index contributed by atoms with van der Waals surface area (Å²) in [6.07, 6.45) is 3.09. The summed E-state index contributed by atoms with van der Waals surface area (Å²) in [6, 6.07) is 4.93. The molecular formula is C19H29N3O3. The summed E-state index contributed by atoms with van der Waals surface area (Å²) in [6.45, 7) is 7.40.